The average Bonchev–Trinajstić information content (AvgIpc) is 3.28. The smallest absolute Gasteiger partial charge is 0.195 e. The maximum absolute atomic E-state index is 14.3. The molecule has 4 heteroatoms. The van der Waals surface area contributed by atoms with Crippen LogP contribution in [0.15, 0.2) is 66.7 Å². The first-order valence-electron chi connectivity index (χ1n) is 12.8. The van der Waals surface area contributed by atoms with Crippen molar-refractivity contribution in [3.05, 3.63) is 94.8 Å². The van der Waals surface area contributed by atoms with Gasteiger partial charge in [0.2, 0.25) is 0 Å². The van der Waals surface area contributed by atoms with Crippen molar-refractivity contribution in [2.45, 2.75) is 46.0 Å². The maximum Gasteiger partial charge on any atom is 0.195 e. The number of aromatic nitrogens is 1. The van der Waals surface area contributed by atoms with Gasteiger partial charge in [-0.1, -0.05) is 69.9 Å². The van der Waals surface area contributed by atoms with Gasteiger partial charge in [-0.25, -0.2) is 4.39 Å². The molecule has 0 radical (unpaired) electrons. The molecule has 0 aliphatic carbocycles. The number of carbonyl (C=O) groups excluding carboxylic acids is 2. The molecule has 1 aromatic heterocycles. The molecule has 0 aliphatic rings. The van der Waals surface area contributed by atoms with Crippen LogP contribution < -0.4 is 0 Å². The zero-order valence-corrected chi connectivity index (χ0v) is 20.7. The van der Waals surface area contributed by atoms with Gasteiger partial charge < -0.3 is 4.98 Å². The number of unbranched alkanes of at least 4 members (excludes halogenated alkanes) is 1. The van der Waals surface area contributed by atoms with E-state index in [1.807, 2.05) is 30.3 Å². The highest BCUT2D eigenvalue weighted by Gasteiger charge is 2.19. The van der Waals surface area contributed by atoms with Crippen LogP contribution in [0.4, 0.5) is 4.39 Å². The van der Waals surface area contributed by atoms with Gasteiger partial charge in [-0.3, -0.25) is 9.59 Å². The van der Waals surface area contributed by atoms with E-state index in [9.17, 15) is 14.0 Å². The van der Waals surface area contributed by atoms with Gasteiger partial charge in [-0.2, -0.15) is 0 Å². The topological polar surface area (TPSA) is 49.9 Å². The number of rotatable bonds is 9. The Kier molecular flexibility index (Phi) is 6.69. The van der Waals surface area contributed by atoms with E-state index in [4.69, 9.17) is 0 Å². The van der Waals surface area contributed by atoms with Crippen LogP contribution in [0.1, 0.15) is 71.4 Å². The lowest BCUT2D eigenvalue weighted by molar-refractivity contribution is 0.103. The summed E-state index contributed by atoms with van der Waals surface area (Å²) in [7, 11) is 0. The summed E-state index contributed by atoms with van der Waals surface area (Å²) in [5.41, 5.74) is 4.19. The van der Waals surface area contributed by atoms with Gasteiger partial charge in [0.05, 0.1) is 11.1 Å². The SMILES string of the molecule is CCCCC(CC)Cc1cccc2c(C=O)cc3c4cc(C(=O)c5ccccc5F)ccc4[nH]c3c12. The lowest BCUT2D eigenvalue weighted by atomic mass is 9.88. The molecule has 36 heavy (non-hydrogen) atoms. The van der Waals surface area contributed by atoms with Crippen LogP contribution in [0.3, 0.4) is 0 Å². The van der Waals surface area contributed by atoms with Crippen molar-refractivity contribution in [2.75, 3.05) is 0 Å². The zero-order chi connectivity index (χ0) is 25.2. The van der Waals surface area contributed by atoms with Gasteiger partial charge in [0.25, 0.3) is 0 Å². The number of carbonyl (C=O) groups is 2. The van der Waals surface area contributed by atoms with Gasteiger partial charge in [0.15, 0.2) is 12.1 Å². The Morgan fingerprint density at radius 1 is 0.972 bits per heavy atom. The number of aromatic amines is 1. The van der Waals surface area contributed by atoms with Crippen molar-refractivity contribution in [3.63, 3.8) is 0 Å². The standard InChI is InChI=1S/C32H30FNO2/c1-3-5-9-20(4-2)16-21-10-8-12-24-23(19-35)18-27-26-17-22(14-15-29(26)34-31(27)30(21)24)32(36)25-11-6-7-13-28(25)33/h6-8,10-15,17-20,34H,3-5,9,16H2,1-2H3. The lowest BCUT2D eigenvalue weighted by Crippen LogP contribution is -2.04. The average molecular weight is 480 g/mol. The summed E-state index contributed by atoms with van der Waals surface area (Å²) in [5.74, 6) is -0.308. The van der Waals surface area contributed by atoms with Crippen LogP contribution in [0, 0.1) is 11.7 Å². The summed E-state index contributed by atoms with van der Waals surface area (Å²) in [4.78, 5) is 28.8. The Hall–Kier alpha value is -3.79. The molecule has 0 bridgehead atoms. The Bertz CT molecular complexity index is 1600. The zero-order valence-electron chi connectivity index (χ0n) is 20.7. The summed E-state index contributed by atoms with van der Waals surface area (Å²) >= 11 is 0. The largest absolute Gasteiger partial charge is 0.354 e. The van der Waals surface area contributed by atoms with Crippen LogP contribution in [0.2, 0.25) is 0 Å². The van der Waals surface area contributed by atoms with Crippen molar-refractivity contribution in [1.29, 1.82) is 0 Å². The number of hydrogen-bond acceptors (Lipinski definition) is 2. The third kappa shape index (κ3) is 4.21. The monoisotopic (exact) mass is 479 g/mol. The number of hydrogen-bond donors (Lipinski definition) is 1. The molecule has 0 fully saturated rings. The number of fused-ring (bicyclic) bond motifs is 5. The highest BCUT2D eigenvalue weighted by Crippen LogP contribution is 2.37. The summed E-state index contributed by atoms with van der Waals surface area (Å²) in [6.45, 7) is 4.47. The number of halogens is 1. The van der Waals surface area contributed by atoms with E-state index < -0.39 is 5.82 Å². The third-order valence-electron chi connectivity index (χ3n) is 7.41. The molecule has 3 nitrogen and oxygen atoms in total. The molecule has 1 unspecified atom stereocenters. The molecule has 0 spiro atoms. The molecule has 1 heterocycles. The molecule has 1 N–H and O–H groups in total. The summed E-state index contributed by atoms with van der Waals surface area (Å²) < 4.78 is 14.3. The van der Waals surface area contributed by atoms with E-state index in [-0.39, 0.29) is 11.3 Å². The van der Waals surface area contributed by atoms with E-state index in [1.165, 1.54) is 37.0 Å². The molecular formula is C32H30FNO2. The number of ketones is 1. The summed E-state index contributed by atoms with van der Waals surface area (Å²) in [6.07, 6.45) is 6.56. The first kappa shape index (κ1) is 23.9. The molecule has 0 amide bonds. The highest BCUT2D eigenvalue weighted by molar-refractivity contribution is 6.22. The van der Waals surface area contributed by atoms with Crippen molar-refractivity contribution in [2.24, 2.45) is 5.92 Å². The van der Waals surface area contributed by atoms with Crippen LogP contribution in [-0.2, 0) is 6.42 Å². The van der Waals surface area contributed by atoms with E-state index in [0.717, 1.165) is 51.7 Å². The second-order valence-electron chi connectivity index (χ2n) is 9.66. The quantitative estimate of drug-likeness (QED) is 0.170. The first-order chi connectivity index (χ1) is 17.5. The first-order valence-corrected chi connectivity index (χ1v) is 12.8. The van der Waals surface area contributed by atoms with Gasteiger partial charge in [-0.05, 0) is 59.7 Å². The molecule has 5 aromatic rings. The fraction of sp³-hybridized carbons (Fsp3) is 0.250. The molecule has 5 rings (SSSR count). The Morgan fingerprint density at radius 2 is 1.81 bits per heavy atom. The molecule has 0 saturated heterocycles. The van der Waals surface area contributed by atoms with Crippen molar-refractivity contribution in [1.82, 2.24) is 4.98 Å². The van der Waals surface area contributed by atoms with E-state index >= 15 is 0 Å². The van der Waals surface area contributed by atoms with E-state index in [2.05, 4.69) is 24.9 Å². The molecule has 1 atom stereocenters. The highest BCUT2D eigenvalue weighted by atomic mass is 19.1. The fourth-order valence-corrected chi connectivity index (χ4v) is 5.39. The van der Waals surface area contributed by atoms with Crippen LogP contribution in [0.25, 0.3) is 32.6 Å². The predicted octanol–water partition coefficient (Wildman–Crippen LogP) is 8.42. The minimum absolute atomic E-state index is 0.0516. The van der Waals surface area contributed by atoms with Gasteiger partial charge in [0, 0.05) is 32.8 Å². The molecular weight excluding hydrogens is 449 g/mol. The van der Waals surface area contributed by atoms with Gasteiger partial charge in [0.1, 0.15) is 5.82 Å². The minimum atomic E-state index is -0.533. The number of nitrogens with one attached hydrogen (secondary N) is 1. The van der Waals surface area contributed by atoms with Gasteiger partial charge >= 0.3 is 0 Å². The maximum atomic E-state index is 14.3. The number of H-pyrrole nitrogens is 1. The lowest BCUT2D eigenvalue weighted by Gasteiger charge is -2.17. The molecule has 4 aromatic carbocycles. The normalized spacial score (nSPS) is 12.4. The Labute approximate surface area is 210 Å². The van der Waals surface area contributed by atoms with Crippen LogP contribution in [0.5, 0.6) is 0 Å². The molecule has 0 saturated carbocycles. The summed E-state index contributed by atoms with van der Waals surface area (Å²) in [6, 6.07) is 19.6. The number of benzene rings is 4. The summed E-state index contributed by atoms with van der Waals surface area (Å²) in [5, 5.41) is 3.77. The van der Waals surface area contributed by atoms with Crippen LogP contribution >= 0.6 is 0 Å². The van der Waals surface area contributed by atoms with Crippen molar-refractivity contribution < 1.29 is 14.0 Å². The molecule has 182 valence electrons. The predicted molar refractivity (Wildman–Crippen MR) is 146 cm³/mol. The third-order valence-corrected chi connectivity index (χ3v) is 7.41. The number of aldehydes is 1. The van der Waals surface area contributed by atoms with E-state index in [1.54, 1.807) is 18.2 Å². The van der Waals surface area contributed by atoms with Crippen molar-refractivity contribution in [3.8, 4) is 0 Å². The Morgan fingerprint density at radius 3 is 2.56 bits per heavy atom. The Balaban J connectivity index is 1.71. The second-order valence-corrected chi connectivity index (χ2v) is 9.66. The van der Waals surface area contributed by atoms with E-state index in [0.29, 0.717) is 17.0 Å². The van der Waals surface area contributed by atoms with Crippen LogP contribution in [-0.4, -0.2) is 17.1 Å². The van der Waals surface area contributed by atoms with Gasteiger partial charge in [-0.15, -0.1) is 0 Å². The molecule has 0 aliphatic heterocycles. The van der Waals surface area contributed by atoms with Crippen molar-refractivity contribution >= 4 is 44.6 Å². The second kappa shape index (κ2) is 10.1. The fourth-order valence-electron chi connectivity index (χ4n) is 5.39. The minimum Gasteiger partial charge on any atom is -0.354 e.